The van der Waals surface area contributed by atoms with Crippen molar-refractivity contribution in [2.75, 3.05) is 20.3 Å². The van der Waals surface area contributed by atoms with Gasteiger partial charge in [0.25, 0.3) is 5.91 Å². The number of nitrogens with one attached hydrogen (secondary N) is 1. The van der Waals surface area contributed by atoms with Gasteiger partial charge in [-0.25, -0.2) is 4.79 Å². The fourth-order valence-corrected chi connectivity index (χ4v) is 4.18. The monoisotopic (exact) mass is 464 g/mol. The molecule has 1 aromatic heterocycles. The number of hydrogen-bond acceptors (Lipinski definition) is 5. The number of aryl methyl sites for hydroxylation is 1. The molecule has 3 N–H and O–H groups in total. The van der Waals surface area contributed by atoms with Crippen molar-refractivity contribution in [3.63, 3.8) is 0 Å². The van der Waals surface area contributed by atoms with Crippen molar-refractivity contribution in [2.24, 2.45) is 7.05 Å². The van der Waals surface area contributed by atoms with Crippen LogP contribution in [0.1, 0.15) is 26.4 Å². The summed E-state index contributed by atoms with van der Waals surface area (Å²) in [6, 6.07) is 7.31. The number of nitrogens with zero attached hydrogens (tertiary/aromatic N) is 1. The molecule has 8 nitrogen and oxygen atoms in total. The van der Waals surface area contributed by atoms with E-state index in [1.165, 1.54) is 19.2 Å². The number of hydrogen-bond donors (Lipinski definition) is 3. The Labute approximate surface area is 186 Å². The topological polar surface area (TPSA) is 110 Å². The lowest BCUT2D eigenvalue weighted by molar-refractivity contribution is -0.0743. The Morgan fingerprint density at radius 1 is 1.19 bits per heavy atom. The molecule has 0 spiro atoms. The van der Waals surface area contributed by atoms with Crippen molar-refractivity contribution in [3.05, 3.63) is 57.2 Å². The number of halogens is 2. The highest BCUT2D eigenvalue weighted by atomic mass is 35.5. The molecule has 0 aliphatic carbocycles. The molecule has 3 aromatic rings. The zero-order valence-electron chi connectivity index (χ0n) is 16.5. The van der Waals surface area contributed by atoms with E-state index in [0.717, 1.165) is 6.07 Å². The van der Waals surface area contributed by atoms with Gasteiger partial charge in [0.15, 0.2) is 0 Å². The molecule has 1 saturated heterocycles. The van der Waals surface area contributed by atoms with Crippen LogP contribution in [0.15, 0.2) is 30.3 Å². The van der Waals surface area contributed by atoms with Gasteiger partial charge >= 0.3 is 5.97 Å². The van der Waals surface area contributed by atoms with Crippen molar-refractivity contribution < 1.29 is 29.3 Å². The van der Waals surface area contributed by atoms with E-state index >= 15 is 0 Å². The van der Waals surface area contributed by atoms with Crippen molar-refractivity contribution in [2.45, 2.75) is 5.54 Å². The lowest BCUT2D eigenvalue weighted by Crippen LogP contribution is -2.59. The van der Waals surface area contributed by atoms with Crippen LogP contribution in [-0.4, -0.2) is 47.0 Å². The van der Waals surface area contributed by atoms with Gasteiger partial charge in [-0.05, 0) is 18.2 Å². The Hall–Kier alpha value is -2.94. The molecular formula is C21H18Cl2N2O6. The number of phenols is 1. The van der Waals surface area contributed by atoms with Crippen LogP contribution in [0.2, 0.25) is 10.0 Å². The highest BCUT2D eigenvalue weighted by Crippen LogP contribution is 2.40. The SMILES string of the molecule is COc1cc2c(cc(C(=O)NC3(c4ccc(C(=O)O)cc4O)COC3)n2C)c(Cl)c1Cl. The summed E-state index contributed by atoms with van der Waals surface area (Å²) in [6.07, 6.45) is 0. The Morgan fingerprint density at radius 2 is 1.90 bits per heavy atom. The molecule has 0 atom stereocenters. The molecule has 4 rings (SSSR count). The number of phenolic OH excluding ortho intramolecular Hbond substituents is 1. The fraction of sp³-hybridized carbons (Fsp3) is 0.238. The summed E-state index contributed by atoms with van der Waals surface area (Å²) in [6.45, 7) is 0.256. The first kappa shape index (κ1) is 21.3. The number of ether oxygens (including phenoxy) is 2. The van der Waals surface area contributed by atoms with Gasteiger partial charge in [-0.2, -0.15) is 0 Å². The van der Waals surface area contributed by atoms with Crippen LogP contribution >= 0.6 is 23.2 Å². The van der Waals surface area contributed by atoms with Crippen molar-refractivity contribution >= 4 is 46.0 Å². The number of aromatic carboxylic acids is 1. The second-order valence-corrected chi connectivity index (χ2v) is 8.05. The van der Waals surface area contributed by atoms with Gasteiger partial charge in [0.2, 0.25) is 0 Å². The summed E-state index contributed by atoms with van der Waals surface area (Å²) in [7, 11) is 3.19. The van der Waals surface area contributed by atoms with Crippen LogP contribution in [0.25, 0.3) is 10.9 Å². The second-order valence-electron chi connectivity index (χ2n) is 7.29. The summed E-state index contributed by atoms with van der Waals surface area (Å²) in [5, 5.41) is 23.5. The zero-order chi connectivity index (χ0) is 22.5. The molecule has 2 aromatic carbocycles. The molecule has 0 radical (unpaired) electrons. The van der Waals surface area contributed by atoms with Crippen LogP contribution in [0.3, 0.4) is 0 Å². The maximum absolute atomic E-state index is 13.2. The minimum absolute atomic E-state index is 0.0582. The van der Waals surface area contributed by atoms with Crippen LogP contribution in [0.4, 0.5) is 0 Å². The lowest BCUT2D eigenvalue weighted by Gasteiger charge is -2.42. The van der Waals surface area contributed by atoms with Crippen molar-refractivity contribution in [1.29, 1.82) is 0 Å². The number of aromatic nitrogens is 1. The standard InChI is InChI=1S/C21H18Cl2N2O6/c1-25-13-7-16(30-2)18(23)17(22)11(13)6-14(25)19(27)24-21(8-31-9-21)12-4-3-10(20(28)29)5-15(12)26/h3-7,26H,8-9H2,1-2H3,(H,24,27)(H,28,29). The number of carboxylic acid groups (broad SMARTS) is 1. The first-order chi connectivity index (χ1) is 14.7. The molecule has 1 amide bonds. The van der Waals surface area contributed by atoms with Crippen LogP contribution in [0, 0.1) is 0 Å². The van der Waals surface area contributed by atoms with E-state index < -0.39 is 17.4 Å². The van der Waals surface area contributed by atoms with Gasteiger partial charge in [-0.15, -0.1) is 0 Å². The van der Waals surface area contributed by atoms with Crippen molar-refractivity contribution in [3.8, 4) is 11.5 Å². The Balaban J connectivity index is 1.72. The number of rotatable bonds is 5. The number of carbonyl (C=O) groups is 2. The molecule has 0 bridgehead atoms. The maximum Gasteiger partial charge on any atom is 0.335 e. The van der Waals surface area contributed by atoms with Gasteiger partial charge < -0.3 is 29.6 Å². The zero-order valence-corrected chi connectivity index (χ0v) is 18.0. The highest BCUT2D eigenvalue weighted by Gasteiger charge is 2.44. The molecule has 0 unspecified atom stereocenters. The normalized spacial score (nSPS) is 14.8. The average molecular weight is 465 g/mol. The third-order valence-corrected chi connectivity index (χ3v) is 6.32. The first-order valence-electron chi connectivity index (χ1n) is 9.17. The number of amides is 1. The van der Waals surface area contributed by atoms with Gasteiger partial charge in [0.05, 0.1) is 36.4 Å². The number of carboxylic acids is 1. The Bertz CT molecular complexity index is 1230. The number of benzene rings is 2. The minimum Gasteiger partial charge on any atom is -0.508 e. The van der Waals surface area contributed by atoms with Crippen LogP contribution in [0.5, 0.6) is 11.5 Å². The molecule has 10 heteroatoms. The fourth-order valence-electron chi connectivity index (χ4n) is 3.70. The minimum atomic E-state index is -1.16. The third kappa shape index (κ3) is 3.37. The summed E-state index contributed by atoms with van der Waals surface area (Å²) in [5.41, 5.74) is 0.294. The smallest absolute Gasteiger partial charge is 0.335 e. The molecule has 162 valence electrons. The van der Waals surface area contributed by atoms with Gasteiger partial charge in [-0.1, -0.05) is 29.3 Å². The number of methoxy groups -OCH3 is 1. The molecule has 1 fully saturated rings. The quantitative estimate of drug-likeness (QED) is 0.532. The second kappa shape index (κ2) is 7.64. The van der Waals surface area contributed by atoms with Crippen LogP contribution < -0.4 is 10.1 Å². The van der Waals surface area contributed by atoms with E-state index in [1.807, 2.05) is 0 Å². The van der Waals surface area contributed by atoms with Gasteiger partial charge in [0, 0.05) is 24.1 Å². The maximum atomic E-state index is 13.2. The highest BCUT2D eigenvalue weighted by molar-refractivity contribution is 6.46. The molecule has 1 aliphatic heterocycles. The van der Waals surface area contributed by atoms with Crippen molar-refractivity contribution in [1.82, 2.24) is 9.88 Å². The molecular weight excluding hydrogens is 447 g/mol. The van der Waals surface area contributed by atoms with Gasteiger partial charge in [0.1, 0.15) is 27.8 Å². The van der Waals surface area contributed by atoms with E-state index in [1.54, 1.807) is 23.7 Å². The summed E-state index contributed by atoms with van der Waals surface area (Å²) < 4.78 is 12.2. The third-order valence-electron chi connectivity index (χ3n) is 5.46. The van der Waals surface area contributed by atoms with E-state index in [-0.39, 0.29) is 34.6 Å². The predicted octanol–water partition coefficient (Wildman–Crippen LogP) is 3.55. The van der Waals surface area contributed by atoms with Crippen LogP contribution in [-0.2, 0) is 17.3 Å². The first-order valence-corrected chi connectivity index (χ1v) is 9.92. The number of carbonyl (C=O) groups excluding carboxylic acids is 1. The van der Waals surface area contributed by atoms with E-state index in [4.69, 9.17) is 37.8 Å². The average Bonchev–Trinajstić information content (AvgIpc) is 3.04. The lowest BCUT2D eigenvalue weighted by atomic mass is 9.86. The summed E-state index contributed by atoms with van der Waals surface area (Å²) >= 11 is 12.6. The summed E-state index contributed by atoms with van der Waals surface area (Å²) in [4.78, 5) is 24.3. The largest absolute Gasteiger partial charge is 0.508 e. The number of fused-ring (bicyclic) bond motifs is 1. The van der Waals surface area contributed by atoms with E-state index in [0.29, 0.717) is 27.9 Å². The van der Waals surface area contributed by atoms with Gasteiger partial charge in [-0.3, -0.25) is 4.79 Å². The Morgan fingerprint density at radius 3 is 2.45 bits per heavy atom. The van der Waals surface area contributed by atoms with E-state index in [9.17, 15) is 14.7 Å². The number of aromatic hydroxyl groups is 1. The molecule has 1 aliphatic rings. The summed E-state index contributed by atoms with van der Waals surface area (Å²) in [5.74, 6) is -1.43. The molecule has 2 heterocycles. The molecule has 31 heavy (non-hydrogen) atoms. The van der Waals surface area contributed by atoms with E-state index in [2.05, 4.69) is 5.32 Å². The molecule has 0 saturated carbocycles. The Kier molecular flexibility index (Phi) is 5.25. The predicted molar refractivity (Wildman–Crippen MR) is 115 cm³/mol.